The highest BCUT2D eigenvalue weighted by molar-refractivity contribution is 5.98. The lowest BCUT2D eigenvalue weighted by molar-refractivity contribution is -0.128. The van der Waals surface area contributed by atoms with Crippen molar-refractivity contribution in [2.45, 2.75) is 31.7 Å². The van der Waals surface area contributed by atoms with Crippen LogP contribution in [-0.2, 0) is 4.79 Å². The zero-order valence-corrected chi connectivity index (χ0v) is 20.8. The number of ether oxygens (including phenoxy) is 1. The first-order valence-corrected chi connectivity index (χ1v) is 12.8. The Balaban J connectivity index is 1.24. The predicted molar refractivity (Wildman–Crippen MR) is 144 cm³/mol. The third-order valence-corrected chi connectivity index (χ3v) is 7.08. The average Bonchev–Trinajstić information content (AvgIpc) is 3.70. The fourth-order valence-electron chi connectivity index (χ4n) is 4.88. The number of allylic oxidation sites excluding steroid dienone is 1. The van der Waals surface area contributed by atoms with Crippen LogP contribution in [-0.4, -0.2) is 43.6 Å². The number of anilines is 1. The van der Waals surface area contributed by atoms with Crippen LogP contribution in [0.4, 0.5) is 5.82 Å². The number of piperidine rings is 1. The molecule has 1 saturated carbocycles. The molecule has 2 N–H and O–H groups in total. The highest BCUT2D eigenvalue weighted by atomic mass is 16.5. The van der Waals surface area contributed by atoms with Gasteiger partial charge in [0.2, 0.25) is 5.70 Å². The summed E-state index contributed by atoms with van der Waals surface area (Å²) in [6, 6.07) is 17.4. The van der Waals surface area contributed by atoms with Crippen molar-refractivity contribution in [3.8, 4) is 22.8 Å². The summed E-state index contributed by atoms with van der Waals surface area (Å²) in [4.78, 5) is 26.9. The average molecular weight is 506 g/mol. The Bertz CT molecular complexity index is 1540. The highest BCUT2D eigenvalue weighted by Crippen LogP contribution is 2.36. The second-order valence-electron chi connectivity index (χ2n) is 9.71. The number of nitrogens with zero attached hydrogens (tertiary/aromatic N) is 6. The fraction of sp³-hybridized carbons (Fsp3) is 0.276. The number of hydrogen-bond donors (Lipinski definition) is 1. The van der Waals surface area contributed by atoms with E-state index in [1.165, 1.54) is 6.33 Å². The Labute approximate surface area is 220 Å². The van der Waals surface area contributed by atoms with E-state index in [0.29, 0.717) is 54.4 Å². The van der Waals surface area contributed by atoms with Gasteiger partial charge in [0.05, 0.1) is 18.0 Å². The number of carbonyl (C=O) groups is 1. The largest absolute Gasteiger partial charge is 0.457 e. The first-order chi connectivity index (χ1) is 18.6. The second kappa shape index (κ2) is 9.98. The maximum absolute atomic E-state index is 12.9. The van der Waals surface area contributed by atoms with Crippen LogP contribution in [0.3, 0.4) is 0 Å². The van der Waals surface area contributed by atoms with Gasteiger partial charge in [-0.3, -0.25) is 4.79 Å². The van der Waals surface area contributed by atoms with E-state index in [1.54, 1.807) is 4.90 Å². The van der Waals surface area contributed by atoms with E-state index in [0.717, 1.165) is 29.9 Å². The van der Waals surface area contributed by atoms with Gasteiger partial charge in [0.15, 0.2) is 5.65 Å². The molecule has 2 aliphatic rings. The number of likely N-dealkylation sites (tertiary alicyclic amines) is 1. The van der Waals surface area contributed by atoms with Crippen LogP contribution in [0.25, 0.3) is 27.1 Å². The molecular weight excluding hydrogens is 478 g/mol. The molecule has 1 aliphatic heterocycles. The summed E-state index contributed by atoms with van der Waals surface area (Å²) in [6.45, 7) is 8.55. The van der Waals surface area contributed by atoms with Crippen LogP contribution in [0.2, 0.25) is 0 Å². The van der Waals surface area contributed by atoms with E-state index in [9.17, 15) is 4.79 Å². The number of hydrogen-bond acceptors (Lipinski definition) is 6. The first kappa shape index (κ1) is 23.7. The van der Waals surface area contributed by atoms with Crippen molar-refractivity contribution >= 4 is 22.8 Å². The van der Waals surface area contributed by atoms with Gasteiger partial charge < -0.3 is 15.4 Å². The van der Waals surface area contributed by atoms with Gasteiger partial charge in [-0.1, -0.05) is 24.3 Å². The van der Waals surface area contributed by atoms with E-state index in [-0.39, 0.29) is 17.6 Å². The number of aromatic nitrogens is 4. The van der Waals surface area contributed by atoms with Crippen molar-refractivity contribution < 1.29 is 9.53 Å². The van der Waals surface area contributed by atoms with Gasteiger partial charge in [-0.05, 0) is 68.0 Å². The molecule has 0 spiro atoms. The maximum Gasteiger partial charge on any atom is 0.252 e. The van der Waals surface area contributed by atoms with Crippen LogP contribution in [0.1, 0.15) is 31.7 Å². The van der Waals surface area contributed by atoms with Crippen molar-refractivity contribution in [2.75, 3.05) is 18.8 Å². The molecule has 0 radical (unpaired) electrons. The monoisotopic (exact) mass is 505 g/mol. The molecule has 6 rings (SSSR count). The van der Waals surface area contributed by atoms with E-state index < -0.39 is 0 Å². The first-order valence-electron chi connectivity index (χ1n) is 12.8. The normalized spacial score (nSPS) is 16.4. The van der Waals surface area contributed by atoms with Crippen LogP contribution in [0.15, 0.2) is 72.7 Å². The molecule has 0 bridgehead atoms. The summed E-state index contributed by atoms with van der Waals surface area (Å²) in [5, 5.41) is 5.67. The number of carbonyl (C=O) groups excluding carboxylic acids is 1. The van der Waals surface area contributed by atoms with Gasteiger partial charge in [-0.15, -0.1) is 0 Å². The fourth-order valence-corrected chi connectivity index (χ4v) is 4.88. The van der Waals surface area contributed by atoms with E-state index in [4.69, 9.17) is 22.1 Å². The third-order valence-electron chi connectivity index (χ3n) is 7.08. The molecule has 3 heterocycles. The molecule has 9 nitrogen and oxygen atoms in total. The van der Waals surface area contributed by atoms with Gasteiger partial charge >= 0.3 is 0 Å². The maximum atomic E-state index is 12.9. The summed E-state index contributed by atoms with van der Waals surface area (Å²) in [5.74, 6) is 2.09. The Kier molecular flexibility index (Phi) is 6.22. The standard InChI is InChI=1S/C29H27N7O2/c1-31-24(17-19-7-8-19)29(37)35-15-13-21(14-16-35)36-28-25(27(30)32-18-33-28)26(34-36)20-9-11-23(12-10-20)38-22-5-3-2-4-6-22/h2-6,9-12,17-19,21H,7-8,13-16H2,(H2,30,32,33)/b24-17-. The van der Waals surface area contributed by atoms with Crippen LogP contribution in [0, 0.1) is 12.5 Å². The van der Waals surface area contributed by atoms with Crippen molar-refractivity contribution in [3.05, 3.63) is 84.1 Å². The smallest absolute Gasteiger partial charge is 0.252 e. The number of fused-ring (bicyclic) bond motifs is 1. The molecule has 0 unspecified atom stereocenters. The Hall–Kier alpha value is -4.71. The van der Waals surface area contributed by atoms with Crippen molar-refractivity contribution in [2.24, 2.45) is 5.92 Å². The summed E-state index contributed by atoms with van der Waals surface area (Å²) < 4.78 is 7.86. The Morgan fingerprint density at radius 1 is 1.00 bits per heavy atom. The predicted octanol–water partition coefficient (Wildman–Crippen LogP) is 5.24. The summed E-state index contributed by atoms with van der Waals surface area (Å²) in [5.41, 5.74) is 8.83. The third kappa shape index (κ3) is 4.68. The summed E-state index contributed by atoms with van der Waals surface area (Å²) >= 11 is 0. The molecule has 1 amide bonds. The second-order valence-corrected chi connectivity index (χ2v) is 9.71. The lowest BCUT2D eigenvalue weighted by Gasteiger charge is -2.32. The number of nitrogens with two attached hydrogens (primary N) is 1. The minimum absolute atomic E-state index is 0.0501. The molecule has 0 atom stereocenters. The summed E-state index contributed by atoms with van der Waals surface area (Å²) in [6.07, 6.45) is 6.85. The van der Waals surface area contributed by atoms with E-state index >= 15 is 0 Å². The van der Waals surface area contributed by atoms with E-state index in [2.05, 4.69) is 14.8 Å². The van der Waals surface area contributed by atoms with Gasteiger partial charge in [-0.2, -0.15) is 5.10 Å². The van der Waals surface area contributed by atoms with Crippen molar-refractivity contribution in [3.63, 3.8) is 0 Å². The zero-order chi connectivity index (χ0) is 26.1. The van der Waals surface area contributed by atoms with E-state index in [1.807, 2.05) is 65.4 Å². The number of amides is 1. The van der Waals surface area contributed by atoms with Crippen molar-refractivity contribution in [1.29, 1.82) is 0 Å². The number of para-hydroxylation sites is 1. The van der Waals surface area contributed by atoms with Gasteiger partial charge in [-0.25, -0.2) is 19.5 Å². The minimum atomic E-state index is -0.166. The van der Waals surface area contributed by atoms with Crippen LogP contribution >= 0.6 is 0 Å². The van der Waals surface area contributed by atoms with Gasteiger partial charge in [0.25, 0.3) is 5.91 Å². The molecule has 9 heteroatoms. The van der Waals surface area contributed by atoms with Crippen LogP contribution in [0.5, 0.6) is 11.5 Å². The topological polar surface area (TPSA) is 104 Å². The van der Waals surface area contributed by atoms with Crippen LogP contribution < -0.4 is 10.5 Å². The number of rotatable bonds is 6. The minimum Gasteiger partial charge on any atom is -0.457 e. The highest BCUT2D eigenvalue weighted by Gasteiger charge is 2.30. The van der Waals surface area contributed by atoms with Gasteiger partial charge in [0.1, 0.15) is 29.3 Å². The molecule has 38 heavy (non-hydrogen) atoms. The number of benzene rings is 2. The Morgan fingerprint density at radius 2 is 1.71 bits per heavy atom. The molecule has 190 valence electrons. The molecule has 1 saturated heterocycles. The molecule has 1 aliphatic carbocycles. The zero-order valence-electron chi connectivity index (χ0n) is 20.8. The SMILES string of the molecule is [C-]#[N+]/C(=C\C1CC1)C(=O)N1CCC(n2nc(-c3ccc(Oc4ccccc4)cc3)c3c(N)ncnc32)CC1. The molecule has 4 aromatic rings. The summed E-state index contributed by atoms with van der Waals surface area (Å²) in [7, 11) is 0. The molecular formula is C29H27N7O2. The molecule has 2 aromatic heterocycles. The quantitative estimate of drug-likeness (QED) is 0.284. The Morgan fingerprint density at radius 3 is 2.39 bits per heavy atom. The van der Waals surface area contributed by atoms with Crippen molar-refractivity contribution in [1.82, 2.24) is 24.6 Å². The molecule has 2 aromatic carbocycles. The van der Waals surface area contributed by atoms with Gasteiger partial charge in [0, 0.05) is 18.7 Å². The lowest BCUT2D eigenvalue weighted by atomic mass is 10.0. The molecule has 2 fully saturated rings. The lowest BCUT2D eigenvalue weighted by Crippen LogP contribution is -2.39. The number of nitrogen functional groups attached to an aromatic ring is 1.